The highest BCUT2D eigenvalue weighted by molar-refractivity contribution is 9.10. The van der Waals surface area contributed by atoms with Crippen LogP contribution in [0.25, 0.3) is 10.8 Å². The molecule has 0 saturated carbocycles. The van der Waals surface area contributed by atoms with E-state index in [1.807, 2.05) is 56.3 Å². The number of nitriles is 1. The second-order valence-corrected chi connectivity index (χ2v) is 11.4. The van der Waals surface area contributed by atoms with Crippen LogP contribution in [0.1, 0.15) is 42.7 Å². The molecule has 0 unspecified atom stereocenters. The predicted molar refractivity (Wildman–Crippen MR) is 147 cm³/mol. The number of pyridine rings is 1. The number of hydrogen-bond acceptors (Lipinski definition) is 5. The van der Waals surface area contributed by atoms with E-state index < -0.39 is 17.5 Å². The molecular weight excluding hydrogens is 546 g/mol. The lowest BCUT2D eigenvalue weighted by atomic mass is 9.80. The number of nitrogens with zero attached hydrogens (tertiary/aromatic N) is 4. The molecule has 8 nitrogen and oxygen atoms in total. The average molecular weight is 574 g/mol. The number of hydrogen-bond donors (Lipinski definition) is 1. The standard InChI is InChI=1S/C29H28BrN5O3/c1-17(2)10-25(34(3)26(36)24-12-19-11-20(30)9-8-18(19)15-32-24)27(37)35-16-29(13-21(35)14-31)22-6-4-5-7-23(22)33-28(29)38/h4-9,11-12,15,17,21,25H,10,13,16H2,1-3H3,(H,33,38)/t21-,25-,29-/m0/s1. The highest BCUT2D eigenvalue weighted by Crippen LogP contribution is 2.46. The van der Waals surface area contributed by atoms with Crippen LogP contribution in [-0.4, -0.2) is 58.2 Å². The first-order valence-corrected chi connectivity index (χ1v) is 13.4. The van der Waals surface area contributed by atoms with E-state index in [0.717, 1.165) is 20.8 Å². The second kappa shape index (κ2) is 9.84. The smallest absolute Gasteiger partial charge is 0.272 e. The van der Waals surface area contributed by atoms with E-state index in [2.05, 4.69) is 32.3 Å². The summed E-state index contributed by atoms with van der Waals surface area (Å²) in [5.41, 5.74) is 0.768. The van der Waals surface area contributed by atoms with E-state index >= 15 is 0 Å². The van der Waals surface area contributed by atoms with Crippen LogP contribution in [-0.2, 0) is 15.0 Å². The highest BCUT2D eigenvalue weighted by atomic mass is 79.9. The summed E-state index contributed by atoms with van der Waals surface area (Å²) in [6.45, 7) is 4.06. The molecule has 1 fully saturated rings. The van der Waals surface area contributed by atoms with Gasteiger partial charge < -0.3 is 15.1 Å². The minimum atomic E-state index is -0.981. The number of aromatic nitrogens is 1. The van der Waals surface area contributed by atoms with E-state index in [1.165, 1.54) is 9.80 Å². The number of likely N-dealkylation sites (N-methyl/N-ethyl adjacent to an activating group) is 1. The van der Waals surface area contributed by atoms with Crippen LogP contribution in [0, 0.1) is 17.2 Å². The van der Waals surface area contributed by atoms with Gasteiger partial charge in [-0.05, 0) is 47.6 Å². The minimum absolute atomic E-state index is 0.0891. The Hall–Kier alpha value is -3.77. The molecule has 2 aromatic carbocycles. The summed E-state index contributed by atoms with van der Waals surface area (Å²) in [7, 11) is 1.60. The molecule has 5 rings (SSSR count). The van der Waals surface area contributed by atoms with Gasteiger partial charge in [0.25, 0.3) is 5.91 Å². The van der Waals surface area contributed by atoms with Gasteiger partial charge in [-0.1, -0.05) is 54.0 Å². The lowest BCUT2D eigenvalue weighted by Gasteiger charge is -2.33. The maximum atomic E-state index is 14.1. The van der Waals surface area contributed by atoms with Crippen molar-refractivity contribution in [3.8, 4) is 6.07 Å². The Balaban J connectivity index is 1.46. The number of fused-ring (bicyclic) bond motifs is 3. The van der Waals surface area contributed by atoms with Crippen LogP contribution in [0.5, 0.6) is 0 Å². The fraction of sp³-hybridized carbons (Fsp3) is 0.345. The molecule has 1 saturated heterocycles. The van der Waals surface area contributed by atoms with E-state index in [9.17, 15) is 19.6 Å². The third-order valence-electron chi connectivity index (χ3n) is 7.59. The number of carbonyl (C=O) groups excluding carboxylic acids is 3. The summed E-state index contributed by atoms with van der Waals surface area (Å²) in [6, 6.07) is 15.5. The van der Waals surface area contributed by atoms with Gasteiger partial charge >= 0.3 is 0 Å². The summed E-state index contributed by atoms with van der Waals surface area (Å²) in [5.74, 6) is -0.811. The third kappa shape index (κ3) is 4.33. The molecule has 3 aromatic rings. The first-order chi connectivity index (χ1) is 18.1. The van der Waals surface area contributed by atoms with Crippen molar-refractivity contribution in [2.24, 2.45) is 5.92 Å². The maximum absolute atomic E-state index is 14.1. The summed E-state index contributed by atoms with van der Waals surface area (Å²) in [5, 5.41) is 14.7. The Labute approximate surface area is 229 Å². The van der Waals surface area contributed by atoms with Crippen molar-refractivity contribution in [1.29, 1.82) is 5.26 Å². The van der Waals surface area contributed by atoms with Crippen LogP contribution in [0.2, 0.25) is 0 Å². The van der Waals surface area contributed by atoms with Crippen molar-refractivity contribution in [1.82, 2.24) is 14.8 Å². The van der Waals surface area contributed by atoms with Gasteiger partial charge in [-0.25, -0.2) is 0 Å². The quantitative estimate of drug-likeness (QED) is 0.483. The lowest BCUT2D eigenvalue weighted by molar-refractivity contribution is -0.136. The normalized spacial score (nSPS) is 20.9. The number of benzene rings is 2. The zero-order valence-electron chi connectivity index (χ0n) is 21.4. The first kappa shape index (κ1) is 25.9. The highest BCUT2D eigenvalue weighted by Gasteiger charge is 2.56. The van der Waals surface area contributed by atoms with Gasteiger partial charge in [-0.3, -0.25) is 19.4 Å². The fourth-order valence-corrected chi connectivity index (χ4v) is 5.98. The molecule has 1 N–H and O–H groups in total. The molecule has 2 aliphatic rings. The number of likely N-dealkylation sites (tertiary alicyclic amines) is 1. The third-order valence-corrected chi connectivity index (χ3v) is 8.08. The number of para-hydroxylation sites is 1. The SMILES string of the molecule is CC(C)C[C@@H](C(=O)N1C[C@]2(C[C@H]1C#N)C(=O)Nc1ccccc12)N(C)C(=O)c1cc2cc(Br)ccc2cn1. The molecule has 0 aliphatic carbocycles. The summed E-state index contributed by atoms with van der Waals surface area (Å²) < 4.78 is 0.888. The molecular formula is C29H28BrN5O3. The van der Waals surface area contributed by atoms with Crippen molar-refractivity contribution in [2.45, 2.75) is 44.2 Å². The van der Waals surface area contributed by atoms with Crippen LogP contribution in [0.3, 0.4) is 0 Å². The number of amides is 3. The molecule has 1 spiro atoms. The van der Waals surface area contributed by atoms with E-state index in [4.69, 9.17) is 0 Å². The zero-order chi connectivity index (χ0) is 27.2. The molecule has 194 valence electrons. The molecule has 2 aliphatic heterocycles. The average Bonchev–Trinajstić information content (AvgIpc) is 3.43. The van der Waals surface area contributed by atoms with Gasteiger partial charge in [-0.15, -0.1) is 0 Å². The van der Waals surface area contributed by atoms with Gasteiger partial charge in [0.05, 0.1) is 11.5 Å². The molecule has 9 heteroatoms. The van der Waals surface area contributed by atoms with Crippen LogP contribution < -0.4 is 5.32 Å². The maximum Gasteiger partial charge on any atom is 0.272 e. The summed E-state index contributed by atoms with van der Waals surface area (Å²) in [6.07, 6.45) is 2.27. The Morgan fingerprint density at radius 1 is 1.24 bits per heavy atom. The Morgan fingerprint density at radius 2 is 2.00 bits per heavy atom. The Kier molecular flexibility index (Phi) is 6.70. The zero-order valence-corrected chi connectivity index (χ0v) is 23.0. The van der Waals surface area contributed by atoms with Gasteiger partial charge in [0.2, 0.25) is 11.8 Å². The topological polar surface area (TPSA) is 106 Å². The van der Waals surface area contributed by atoms with Gasteiger partial charge in [-0.2, -0.15) is 5.26 Å². The largest absolute Gasteiger partial charge is 0.328 e. The monoisotopic (exact) mass is 573 g/mol. The van der Waals surface area contributed by atoms with Crippen molar-refractivity contribution < 1.29 is 14.4 Å². The van der Waals surface area contributed by atoms with Crippen LogP contribution in [0.4, 0.5) is 5.69 Å². The predicted octanol–water partition coefficient (Wildman–Crippen LogP) is 4.50. The summed E-state index contributed by atoms with van der Waals surface area (Å²) >= 11 is 3.46. The first-order valence-electron chi connectivity index (χ1n) is 12.6. The molecule has 3 atom stereocenters. The van der Waals surface area contributed by atoms with Gasteiger partial charge in [0, 0.05) is 41.8 Å². The summed E-state index contributed by atoms with van der Waals surface area (Å²) in [4.78, 5) is 48.1. The van der Waals surface area contributed by atoms with Crippen LogP contribution >= 0.6 is 15.9 Å². The molecule has 0 bridgehead atoms. The van der Waals surface area contributed by atoms with Gasteiger partial charge in [0.1, 0.15) is 17.8 Å². The Bertz CT molecular complexity index is 1500. The van der Waals surface area contributed by atoms with Crippen molar-refractivity contribution >= 4 is 50.1 Å². The number of halogens is 1. The van der Waals surface area contributed by atoms with E-state index in [0.29, 0.717) is 12.1 Å². The van der Waals surface area contributed by atoms with Gasteiger partial charge in [0.15, 0.2) is 0 Å². The van der Waals surface area contributed by atoms with Crippen molar-refractivity contribution in [3.05, 3.63) is 70.5 Å². The molecule has 3 amide bonds. The van der Waals surface area contributed by atoms with E-state index in [-0.39, 0.29) is 42.3 Å². The van der Waals surface area contributed by atoms with E-state index in [1.54, 1.807) is 19.3 Å². The molecule has 0 radical (unpaired) electrons. The number of nitrogens with one attached hydrogen (secondary N) is 1. The van der Waals surface area contributed by atoms with Crippen molar-refractivity contribution in [2.75, 3.05) is 18.9 Å². The molecule has 1 aromatic heterocycles. The lowest BCUT2D eigenvalue weighted by Crippen LogP contribution is -2.52. The van der Waals surface area contributed by atoms with Crippen molar-refractivity contribution in [3.63, 3.8) is 0 Å². The fourth-order valence-electron chi connectivity index (χ4n) is 5.60. The Morgan fingerprint density at radius 3 is 2.74 bits per heavy atom. The second-order valence-electron chi connectivity index (χ2n) is 10.5. The number of rotatable bonds is 5. The minimum Gasteiger partial charge on any atom is -0.328 e. The molecule has 3 heterocycles. The number of anilines is 1. The molecule has 38 heavy (non-hydrogen) atoms. The van der Waals surface area contributed by atoms with Crippen LogP contribution in [0.15, 0.2) is 59.2 Å². The number of carbonyl (C=O) groups is 3.